The average Bonchev–Trinajstić information content (AvgIpc) is 3.20. The van der Waals surface area contributed by atoms with Gasteiger partial charge in [-0.1, -0.05) is 0 Å². The minimum atomic E-state index is 0.792. The molecule has 25 heavy (non-hydrogen) atoms. The van der Waals surface area contributed by atoms with Crippen LogP contribution in [0, 0.1) is 0 Å². The minimum Gasteiger partial charge on any atom is -0.497 e. The third-order valence-corrected chi connectivity index (χ3v) is 4.40. The Balaban J connectivity index is 1.90. The summed E-state index contributed by atoms with van der Waals surface area (Å²) in [5.41, 5.74) is 2.82. The summed E-state index contributed by atoms with van der Waals surface area (Å²) < 4.78 is 16.3. The highest BCUT2D eigenvalue weighted by molar-refractivity contribution is 5.88. The van der Waals surface area contributed by atoms with E-state index >= 15 is 0 Å². The van der Waals surface area contributed by atoms with E-state index in [1.807, 2.05) is 36.4 Å². The molecule has 1 aliphatic rings. The van der Waals surface area contributed by atoms with Crippen molar-refractivity contribution in [3.05, 3.63) is 42.0 Å². The average molecular weight is 340 g/mol. The maximum atomic E-state index is 5.60. The van der Waals surface area contributed by atoms with Gasteiger partial charge in [0.25, 0.3) is 0 Å². The van der Waals surface area contributed by atoms with Crippen molar-refractivity contribution < 1.29 is 14.2 Å². The SMILES string of the molecule is COc1ccc(N=Cc2cc(OC)c(N3CCCC3)cc2OC)cc1. The molecule has 1 saturated heterocycles. The van der Waals surface area contributed by atoms with Crippen molar-refractivity contribution in [2.45, 2.75) is 12.8 Å². The van der Waals surface area contributed by atoms with Gasteiger partial charge < -0.3 is 19.1 Å². The first kappa shape index (κ1) is 17.1. The van der Waals surface area contributed by atoms with E-state index in [0.29, 0.717) is 0 Å². The van der Waals surface area contributed by atoms with Crippen LogP contribution in [-0.4, -0.2) is 40.6 Å². The lowest BCUT2D eigenvalue weighted by Gasteiger charge is -2.22. The quantitative estimate of drug-likeness (QED) is 0.744. The van der Waals surface area contributed by atoms with Gasteiger partial charge in [-0.15, -0.1) is 0 Å². The van der Waals surface area contributed by atoms with Gasteiger partial charge in [-0.25, -0.2) is 0 Å². The van der Waals surface area contributed by atoms with Crippen LogP contribution in [-0.2, 0) is 0 Å². The molecule has 0 radical (unpaired) electrons. The van der Waals surface area contributed by atoms with Gasteiger partial charge in [-0.05, 0) is 43.2 Å². The summed E-state index contributed by atoms with van der Waals surface area (Å²) in [5.74, 6) is 2.45. The normalized spacial score (nSPS) is 14.1. The van der Waals surface area contributed by atoms with Crippen molar-refractivity contribution in [1.82, 2.24) is 0 Å². The number of aliphatic imine (C=N–C) groups is 1. The topological polar surface area (TPSA) is 43.3 Å². The van der Waals surface area contributed by atoms with Crippen molar-refractivity contribution in [3.8, 4) is 17.2 Å². The highest BCUT2D eigenvalue weighted by Gasteiger charge is 2.19. The molecule has 1 heterocycles. The van der Waals surface area contributed by atoms with E-state index in [1.165, 1.54) is 12.8 Å². The van der Waals surface area contributed by atoms with Crippen LogP contribution in [0.1, 0.15) is 18.4 Å². The number of nitrogens with zero attached hydrogens (tertiary/aromatic N) is 2. The second-order valence-electron chi connectivity index (χ2n) is 5.92. The molecule has 3 rings (SSSR count). The predicted octanol–water partition coefficient (Wildman–Crippen LogP) is 4.06. The van der Waals surface area contributed by atoms with Crippen molar-refractivity contribution in [2.24, 2.45) is 4.99 Å². The fourth-order valence-corrected chi connectivity index (χ4v) is 3.02. The maximum absolute atomic E-state index is 5.60. The Kier molecular flexibility index (Phi) is 5.43. The largest absolute Gasteiger partial charge is 0.497 e. The van der Waals surface area contributed by atoms with Gasteiger partial charge in [0, 0.05) is 30.9 Å². The molecular formula is C20H24N2O3. The van der Waals surface area contributed by atoms with Gasteiger partial charge in [0.15, 0.2) is 0 Å². The number of hydrogen-bond acceptors (Lipinski definition) is 5. The van der Waals surface area contributed by atoms with E-state index in [0.717, 1.165) is 47.3 Å². The zero-order chi connectivity index (χ0) is 17.6. The standard InChI is InChI=1S/C20H24N2O3/c1-23-17-8-6-16(7-9-17)21-14-15-12-20(25-3)18(13-19(15)24-2)22-10-4-5-11-22/h6-9,12-14H,4-5,10-11H2,1-3H3. The Bertz CT molecular complexity index is 735. The molecule has 132 valence electrons. The van der Waals surface area contributed by atoms with Crippen LogP contribution < -0.4 is 19.1 Å². The Morgan fingerprint density at radius 1 is 0.880 bits per heavy atom. The zero-order valence-corrected chi connectivity index (χ0v) is 15.0. The van der Waals surface area contributed by atoms with Crippen LogP contribution in [0.4, 0.5) is 11.4 Å². The van der Waals surface area contributed by atoms with Gasteiger partial charge in [0.1, 0.15) is 17.2 Å². The summed E-state index contributed by atoms with van der Waals surface area (Å²) in [6.07, 6.45) is 4.23. The van der Waals surface area contributed by atoms with Gasteiger partial charge in [-0.3, -0.25) is 4.99 Å². The first-order valence-electron chi connectivity index (χ1n) is 8.44. The van der Waals surface area contributed by atoms with Crippen LogP contribution in [0.15, 0.2) is 41.4 Å². The number of anilines is 1. The molecule has 5 nitrogen and oxygen atoms in total. The summed E-state index contributed by atoms with van der Waals surface area (Å²) in [6.45, 7) is 2.11. The summed E-state index contributed by atoms with van der Waals surface area (Å²) in [7, 11) is 5.03. The first-order chi connectivity index (χ1) is 12.2. The second-order valence-corrected chi connectivity index (χ2v) is 5.92. The van der Waals surface area contributed by atoms with Crippen LogP contribution in [0.5, 0.6) is 17.2 Å². The molecular weight excluding hydrogens is 316 g/mol. The smallest absolute Gasteiger partial charge is 0.143 e. The molecule has 5 heteroatoms. The minimum absolute atomic E-state index is 0.792. The third-order valence-electron chi connectivity index (χ3n) is 4.40. The van der Waals surface area contributed by atoms with E-state index < -0.39 is 0 Å². The highest BCUT2D eigenvalue weighted by Crippen LogP contribution is 2.36. The number of rotatable bonds is 6. The Hall–Kier alpha value is -2.69. The van der Waals surface area contributed by atoms with Crippen LogP contribution in [0.2, 0.25) is 0 Å². The Morgan fingerprint density at radius 2 is 1.56 bits per heavy atom. The lowest BCUT2D eigenvalue weighted by atomic mass is 10.1. The summed E-state index contributed by atoms with van der Waals surface area (Å²) in [4.78, 5) is 6.87. The van der Waals surface area contributed by atoms with Crippen LogP contribution >= 0.6 is 0 Å². The van der Waals surface area contributed by atoms with E-state index in [9.17, 15) is 0 Å². The summed E-state index contributed by atoms with van der Waals surface area (Å²) >= 11 is 0. The van der Waals surface area contributed by atoms with Crippen molar-refractivity contribution >= 4 is 17.6 Å². The van der Waals surface area contributed by atoms with Crippen molar-refractivity contribution in [3.63, 3.8) is 0 Å². The molecule has 0 aliphatic carbocycles. The molecule has 0 N–H and O–H groups in total. The van der Waals surface area contributed by atoms with Crippen molar-refractivity contribution in [2.75, 3.05) is 39.3 Å². The summed E-state index contributed by atoms with van der Waals surface area (Å²) in [5, 5.41) is 0. The van der Waals surface area contributed by atoms with Gasteiger partial charge in [0.2, 0.25) is 0 Å². The fourth-order valence-electron chi connectivity index (χ4n) is 3.02. The number of methoxy groups -OCH3 is 3. The number of hydrogen-bond donors (Lipinski definition) is 0. The molecule has 0 bridgehead atoms. The molecule has 0 saturated carbocycles. The molecule has 0 amide bonds. The molecule has 0 atom stereocenters. The molecule has 0 spiro atoms. The molecule has 2 aromatic carbocycles. The van der Waals surface area contributed by atoms with E-state index in [4.69, 9.17) is 14.2 Å². The maximum Gasteiger partial charge on any atom is 0.143 e. The molecule has 0 unspecified atom stereocenters. The van der Waals surface area contributed by atoms with E-state index in [-0.39, 0.29) is 0 Å². The molecule has 1 aliphatic heterocycles. The van der Waals surface area contributed by atoms with Crippen molar-refractivity contribution in [1.29, 1.82) is 0 Å². The molecule has 0 aromatic heterocycles. The highest BCUT2D eigenvalue weighted by atomic mass is 16.5. The Morgan fingerprint density at radius 3 is 2.16 bits per heavy atom. The predicted molar refractivity (Wildman–Crippen MR) is 101 cm³/mol. The second kappa shape index (κ2) is 7.92. The third kappa shape index (κ3) is 3.87. The van der Waals surface area contributed by atoms with Crippen LogP contribution in [0.25, 0.3) is 0 Å². The zero-order valence-electron chi connectivity index (χ0n) is 15.0. The Labute approximate surface area is 148 Å². The van der Waals surface area contributed by atoms with E-state index in [2.05, 4.69) is 9.89 Å². The monoisotopic (exact) mass is 340 g/mol. The molecule has 2 aromatic rings. The van der Waals surface area contributed by atoms with E-state index in [1.54, 1.807) is 27.5 Å². The lowest BCUT2D eigenvalue weighted by molar-refractivity contribution is 0.402. The summed E-state index contributed by atoms with van der Waals surface area (Å²) in [6, 6.07) is 11.6. The van der Waals surface area contributed by atoms with Gasteiger partial charge in [-0.2, -0.15) is 0 Å². The molecule has 1 fully saturated rings. The number of benzene rings is 2. The van der Waals surface area contributed by atoms with Gasteiger partial charge in [0.05, 0.1) is 32.7 Å². The first-order valence-corrected chi connectivity index (χ1v) is 8.44. The lowest BCUT2D eigenvalue weighted by Crippen LogP contribution is -2.18. The number of ether oxygens (including phenoxy) is 3. The van der Waals surface area contributed by atoms with Crippen LogP contribution in [0.3, 0.4) is 0 Å². The fraction of sp³-hybridized carbons (Fsp3) is 0.350. The van der Waals surface area contributed by atoms with Gasteiger partial charge >= 0.3 is 0 Å².